The summed E-state index contributed by atoms with van der Waals surface area (Å²) in [5, 5.41) is 2.79. The number of methoxy groups -OCH3 is 1. The van der Waals surface area contributed by atoms with Gasteiger partial charge in [0.15, 0.2) is 0 Å². The van der Waals surface area contributed by atoms with Crippen LogP contribution in [0.25, 0.3) is 0 Å². The molecule has 3 rings (SSSR count). The Balaban J connectivity index is 2.03. The number of hydrogen-bond donors (Lipinski definition) is 1. The molecule has 2 aliphatic heterocycles. The molecule has 1 fully saturated rings. The molecule has 2 heterocycles. The molecule has 0 spiro atoms. The highest BCUT2D eigenvalue weighted by atomic mass is 16.5. The summed E-state index contributed by atoms with van der Waals surface area (Å²) in [4.78, 5) is 29.0. The van der Waals surface area contributed by atoms with E-state index in [4.69, 9.17) is 9.47 Å². The summed E-state index contributed by atoms with van der Waals surface area (Å²) in [5.74, 6) is -0.329. The number of nitrogens with one attached hydrogen (secondary N) is 1. The van der Waals surface area contributed by atoms with Crippen LogP contribution < -0.4 is 5.32 Å². The molecule has 1 N–H and O–H groups in total. The molecule has 6 nitrogen and oxygen atoms in total. The molecule has 1 saturated heterocycles. The number of rotatable bonds is 3. The highest BCUT2D eigenvalue weighted by molar-refractivity contribution is 6.00. The summed E-state index contributed by atoms with van der Waals surface area (Å²) in [7, 11) is 1.34. The second kappa shape index (κ2) is 6.02. The number of aliphatic imine (C=N–C) groups is 1. The van der Waals surface area contributed by atoms with Gasteiger partial charge in [-0.2, -0.15) is 0 Å². The van der Waals surface area contributed by atoms with Gasteiger partial charge in [-0.05, 0) is 25.5 Å². The summed E-state index contributed by atoms with van der Waals surface area (Å²) >= 11 is 0. The lowest BCUT2D eigenvalue weighted by atomic mass is 9.75. The Morgan fingerprint density at radius 1 is 1.39 bits per heavy atom. The second-order valence-corrected chi connectivity index (χ2v) is 5.90. The van der Waals surface area contributed by atoms with Crippen molar-refractivity contribution in [3.63, 3.8) is 0 Å². The molecule has 6 heteroatoms. The Morgan fingerprint density at radius 3 is 2.78 bits per heavy atom. The standard InChI is InChI=1S/C17H20N2O4/c1-11-17(16(21)22-2,13-8-9-18-14(20)10-13)19-15(23-11)12-6-4-3-5-7-12/h3-7,11,13H,8-10H2,1-2H3,(H,18,20)/t11-,13-,17+/m0/s1. The van der Waals surface area contributed by atoms with E-state index in [0.717, 1.165) is 5.56 Å². The fourth-order valence-electron chi connectivity index (χ4n) is 3.38. The molecule has 23 heavy (non-hydrogen) atoms. The predicted octanol–water partition coefficient (Wildman–Crippen LogP) is 1.29. The van der Waals surface area contributed by atoms with Crippen molar-refractivity contribution < 1.29 is 19.1 Å². The molecule has 122 valence electrons. The Morgan fingerprint density at radius 2 is 2.13 bits per heavy atom. The van der Waals surface area contributed by atoms with E-state index in [-0.39, 0.29) is 18.2 Å². The summed E-state index contributed by atoms with van der Waals surface area (Å²) in [6, 6.07) is 9.44. The smallest absolute Gasteiger partial charge is 0.338 e. The minimum absolute atomic E-state index is 0.0694. The van der Waals surface area contributed by atoms with Crippen molar-refractivity contribution in [1.82, 2.24) is 5.32 Å². The van der Waals surface area contributed by atoms with Crippen LogP contribution in [0.5, 0.6) is 0 Å². The highest BCUT2D eigenvalue weighted by Gasteiger charge is 2.57. The molecule has 0 aromatic heterocycles. The van der Waals surface area contributed by atoms with Gasteiger partial charge < -0.3 is 14.8 Å². The van der Waals surface area contributed by atoms with E-state index in [1.54, 1.807) is 0 Å². The Kier molecular flexibility index (Phi) is 4.07. The predicted molar refractivity (Wildman–Crippen MR) is 84.0 cm³/mol. The summed E-state index contributed by atoms with van der Waals surface area (Å²) in [6.07, 6.45) is 0.426. The van der Waals surface area contributed by atoms with Gasteiger partial charge in [-0.15, -0.1) is 0 Å². The van der Waals surface area contributed by atoms with Crippen LogP contribution in [0.15, 0.2) is 35.3 Å². The molecule has 0 aliphatic carbocycles. The van der Waals surface area contributed by atoms with Gasteiger partial charge in [-0.3, -0.25) is 4.79 Å². The molecular formula is C17H20N2O4. The third-order valence-electron chi connectivity index (χ3n) is 4.60. The Bertz CT molecular complexity index is 643. The number of piperidine rings is 1. The molecule has 1 amide bonds. The van der Waals surface area contributed by atoms with Gasteiger partial charge in [0.25, 0.3) is 0 Å². The minimum Gasteiger partial charge on any atom is -0.471 e. The maximum Gasteiger partial charge on any atom is 0.338 e. The van der Waals surface area contributed by atoms with Gasteiger partial charge in [-0.1, -0.05) is 18.2 Å². The van der Waals surface area contributed by atoms with E-state index < -0.39 is 17.6 Å². The van der Waals surface area contributed by atoms with Gasteiger partial charge in [-0.25, -0.2) is 9.79 Å². The topological polar surface area (TPSA) is 77.0 Å². The van der Waals surface area contributed by atoms with Crippen LogP contribution in [0.4, 0.5) is 0 Å². The lowest BCUT2D eigenvalue weighted by Gasteiger charge is -2.36. The normalized spacial score (nSPS) is 30.2. The molecule has 0 bridgehead atoms. The Labute approximate surface area is 134 Å². The number of amides is 1. The average Bonchev–Trinajstić information content (AvgIpc) is 2.93. The van der Waals surface area contributed by atoms with Crippen LogP contribution in [0, 0.1) is 5.92 Å². The fraction of sp³-hybridized carbons (Fsp3) is 0.471. The van der Waals surface area contributed by atoms with E-state index in [9.17, 15) is 9.59 Å². The van der Waals surface area contributed by atoms with E-state index in [2.05, 4.69) is 10.3 Å². The summed E-state index contributed by atoms with van der Waals surface area (Å²) in [5.41, 5.74) is -0.358. The third kappa shape index (κ3) is 2.58. The van der Waals surface area contributed by atoms with Gasteiger partial charge in [0.1, 0.15) is 6.10 Å². The quantitative estimate of drug-likeness (QED) is 0.853. The zero-order valence-electron chi connectivity index (χ0n) is 13.2. The number of ether oxygens (including phenoxy) is 2. The number of esters is 1. The molecule has 0 saturated carbocycles. The van der Waals surface area contributed by atoms with Crippen LogP contribution in [-0.2, 0) is 19.1 Å². The first kappa shape index (κ1) is 15.5. The van der Waals surface area contributed by atoms with Gasteiger partial charge >= 0.3 is 5.97 Å². The van der Waals surface area contributed by atoms with E-state index in [1.807, 2.05) is 37.3 Å². The number of nitrogens with zero attached hydrogens (tertiary/aromatic N) is 1. The molecular weight excluding hydrogens is 296 g/mol. The zero-order chi connectivity index (χ0) is 16.4. The largest absolute Gasteiger partial charge is 0.471 e. The van der Waals surface area contributed by atoms with Gasteiger partial charge in [0, 0.05) is 24.4 Å². The zero-order valence-corrected chi connectivity index (χ0v) is 13.2. The van der Waals surface area contributed by atoms with Crippen molar-refractivity contribution in [2.75, 3.05) is 13.7 Å². The Hall–Kier alpha value is -2.37. The van der Waals surface area contributed by atoms with E-state index in [0.29, 0.717) is 18.9 Å². The van der Waals surface area contributed by atoms with Crippen molar-refractivity contribution in [1.29, 1.82) is 0 Å². The van der Waals surface area contributed by atoms with Crippen LogP contribution in [-0.4, -0.2) is 43.1 Å². The van der Waals surface area contributed by atoms with Crippen LogP contribution in [0.3, 0.4) is 0 Å². The molecule has 0 radical (unpaired) electrons. The fourth-order valence-corrected chi connectivity index (χ4v) is 3.38. The van der Waals surface area contributed by atoms with Crippen molar-refractivity contribution in [2.24, 2.45) is 10.9 Å². The third-order valence-corrected chi connectivity index (χ3v) is 4.60. The highest BCUT2D eigenvalue weighted by Crippen LogP contribution is 2.40. The number of carbonyl (C=O) groups is 2. The molecule has 2 aliphatic rings. The minimum atomic E-state index is -1.17. The van der Waals surface area contributed by atoms with Crippen molar-refractivity contribution in [3.05, 3.63) is 35.9 Å². The van der Waals surface area contributed by atoms with Gasteiger partial charge in [0.2, 0.25) is 17.3 Å². The van der Waals surface area contributed by atoms with Crippen LogP contribution >= 0.6 is 0 Å². The lowest BCUT2D eigenvalue weighted by Crippen LogP contribution is -2.55. The molecule has 3 atom stereocenters. The molecule has 1 aromatic carbocycles. The molecule has 0 unspecified atom stereocenters. The SMILES string of the molecule is COC(=O)[C@@]1([C@H]2CCNC(=O)C2)N=C(c2ccccc2)O[C@H]1C. The van der Waals surface area contributed by atoms with Crippen molar-refractivity contribution in [2.45, 2.75) is 31.4 Å². The number of benzene rings is 1. The summed E-state index contributed by atoms with van der Waals surface area (Å²) < 4.78 is 10.9. The first-order valence-corrected chi connectivity index (χ1v) is 7.75. The molecule has 1 aromatic rings. The number of carbonyl (C=O) groups excluding carboxylic acids is 2. The van der Waals surface area contributed by atoms with Crippen LogP contribution in [0.1, 0.15) is 25.3 Å². The van der Waals surface area contributed by atoms with Crippen molar-refractivity contribution in [3.8, 4) is 0 Å². The number of hydrogen-bond acceptors (Lipinski definition) is 5. The summed E-state index contributed by atoms with van der Waals surface area (Å²) in [6.45, 7) is 2.34. The van der Waals surface area contributed by atoms with Crippen molar-refractivity contribution >= 4 is 17.8 Å². The monoisotopic (exact) mass is 316 g/mol. The lowest BCUT2D eigenvalue weighted by molar-refractivity contribution is -0.153. The maximum atomic E-state index is 12.6. The van der Waals surface area contributed by atoms with Crippen LogP contribution in [0.2, 0.25) is 0 Å². The average molecular weight is 316 g/mol. The second-order valence-electron chi connectivity index (χ2n) is 5.90. The first-order valence-electron chi connectivity index (χ1n) is 7.75. The first-order chi connectivity index (χ1) is 11.1. The van der Waals surface area contributed by atoms with E-state index >= 15 is 0 Å². The van der Waals surface area contributed by atoms with Gasteiger partial charge in [0.05, 0.1) is 7.11 Å². The maximum absolute atomic E-state index is 12.6. The van der Waals surface area contributed by atoms with E-state index in [1.165, 1.54) is 7.11 Å².